The first kappa shape index (κ1) is 28.2. The first-order valence-electron chi connectivity index (χ1n) is 18.0. The van der Waals surface area contributed by atoms with Gasteiger partial charge in [-0.3, -0.25) is 0 Å². The van der Waals surface area contributed by atoms with Crippen LogP contribution in [0, 0.1) is 0 Å². The predicted molar refractivity (Wildman–Crippen MR) is 214 cm³/mol. The van der Waals surface area contributed by atoms with Gasteiger partial charge in [0.2, 0.25) is 7.28 Å². The van der Waals surface area contributed by atoms with E-state index in [2.05, 4.69) is 188 Å². The second kappa shape index (κ2) is 10.2. The van der Waals surface area contributed by atoms with Gasteiger partial charge in [-0.05, 0) is 91.4 Å². The normalized spacial score (nSPS) is 13.7. The summed E-state index contributed by atoms with van der Waals surface area (Å²) in [5.41, 5.74) is 18.5. The van der Waals surface area contributed by atoms with Gasteiger partial charge in [-0.2, -0.15) is 0 Å². The van der Waals surface area contributed by atoms with Crippen LogP contribution in [0.4, 0.5) is 0 Å². The average Bonchev–Trinajstić information content (AvgIpc) is 3.82. The number of aromatic nitrogens is 1. The van der Waals surface area contributed by atoms with Gasteiger partial charge in [-0.25, -0.2) is 0 Å². The van der Waals surface area contributed by atoms with E-state index in [9.17, 15) is 0 Å². The van der Waals surface area contributed by atoms with Gasteiger partial charge >= 0.3 is 0 Å². The molecule has 0 saturated heterocycles. The Kier molecular flexibility index (Phi) is 5.55. The molecule has 1 radical (unpaired) electrons. The Morgan fingerprint density at radius 1 is 0.481 bits per heavy atom. The molecule has 2 nitrogen and oxygen atoms in total. The second-order valence-corrected chi connectivity index (χ2v) is 14.2. The zero-order valence-corrected chi connectivity index (χ0v) is 28.2. The SMILES string of the molecule is [B]1c2c(Oc3cccc(-c4cccc5c4-c4ccccc4C54c5ccccc5-c5ccccc54)c3)cccc2-n2c3ccccc3c3cccc1c32. The van der Waals surface area contributed by atoms with Gasteiger partial charge in [-0.15, -0.1) is 0 Å². The molecule has 2 heterocycles. The molecule has 0 saturated carbocycles. The van der Waals surface area contributed by atoms with Crippen LogP contribution in [0.1, 0.15) is 22.3 Å². The van der Waals surface area contributed by atoms with Crippen LogP contribution < -0.4 is 15.7 Å². The summed E-state index contributed by atoms with van der Waals surface area (Å²) < 4.78 is 9.27. The Morgan fingerprint density at radius 3 is 1.92 bits per heavy atom. The van der Waals surface area contributed by atoms with Gasteiger partial charge < -0.3 is 9.30 Å². The van der Waals surface area contributed by atoms with E-state index in [1.165, 1.54) is 77.3 Å². The molecule has 52 heavy (non-hydrogen) atoms. The molecule has 0 atom stereocenters. The van der Waals surface area contributed by atoms with Crippen LogP contribution in [0.2, 0.25) is 0 Å². The molecule has 3 aliphatic rings. The minimum absolute atomic E-state index is 0.369. The van der Waals surface area contributed by atoms with Crippen molar-refractivity contribution in [2.45, 2.75) is 5.41 Å². The van der Waals surface area contributed by atoms with Gasteiger partial charge in [0.05, 0.1) is 10.9 Å². The molecule has 8 aromatic carbocycles. The van der Waals surface area contributed by atoms with Crippen molar-refractivity contribution in [2.24, 2.45) is 0 Å². The van der Waals surface area contributed by atoms with Crippen molar-refractivity contribution in [3.8, 4) is 50.6 Å². The number of fused-ring (bicyclic) bond motifs is 15. The lowest BCUT2D eigenvalue weighted by Crippen LogP contribution is -2.36. The number of ether oxygens (including phenoxy) is 1. The highest BCUT2D eigenvalue weighted by molar-refractivity contribution is 6.72. The van der Waals surface area contributed by atoms with E-state index >= 15 is 0 Å². The molecule has 0 N–H and O–H groups in total. The summed E-state index contributed by atoms with van der Waals surface area (Å²) in [6.07, 6.45) is 0. The molecule has 0 bridgehead atoms. The third-order valence-electron chi connectivity index (χ3n) is 11.7. The summed E-state index contributed by atoms with van der Waals surface area (Å²) in [4.78, 5) is 0. The molecule has 0 unspecified atom stereocenters. The number of hydrogen-bond acceptors (Lipinski definition) is 1. The standard InChI is InChI=1S/C49H29BNO/c1-5-21-38-33(15-1)34-16-2-6-22-39(34)49(38)40-23-7-3-18-37(40)46-32(19-10-24-41(46)49)30-13-9-14-31(29-30)52-45-28-12-27-44-47(45)50-42-25-11-20-36-35-17-4-8-26-43(35)51(44)48(36)42/h1-29H. The van der Waals surface area contributed by atoms with Gasteiger partial charge in [0.25, 0.3) is 0 Å². The van der Waals surface area contributed by atoms with Crippen molar-refractivity contribution in [1.82, 2.24) is 4.57 Å². The molecule has 12 rings (SSSR count). The molecule has 2 aliphatic carbocycles. The third-order valence-corrected chi connectivity index (χ3v) is 11.7. The molecule has 0 fully saturated rings. The maximum Gasteiger partial charge on any atom is 0.202 e. The van der Waals surface area contributed by atoms with Crippen molar-refractivity contribution in [2.75, 3.05) is 0 Å². The lowest BCUT2D eigenvalue weighted by molar-refractivity contribution is 0.486. The van der Waals surface area contributed by atoms with Crippen molar-refractivity contribution >= 4 is 40.0 Å². The molecule has 1 aliphatic heterocycles. The van der Waals surface area contributed by atoms with Crippen LogP contribution in [0.5, 0.6) is 11.5 Å². The fraction of sp³-hybridized carbons (Fsp3) is 0.0204. The van der Waals surface area contributed by atoms with Crippen LogP contribution in [0.25, 0.3) is 60.9 Å². The minimum atomic E-state index is -0.369. The fourth-order valence-corrected chi connectivity index (χ4v) is 9.77. The smallest absolute Gasteiger partial charge is 0.202 e. The highest BCUT2D eigenvalue weighted by Crippen LogP contribution is 2.63. The van der Waals surface area contributed by atoms with Crippen molar-refractivity contribution in [1.29, 1.82) is 0 Å². The van der Waals surface area contributed by atoms with E-state index in [1.807, 2.05) is 0 Å². The molecule has 9 aromatic rings. The molecule has 239 valence electrons. The van der Waals surface area contributed by atoms with E-state index in [-0.39, 0.29) is 5.41 Å². The van der Waals surface area contributed by atoms with E-state index in [0.29, 0.717) is 0 Å². The Bertz CT molecular complexity index is 2940. The van der Waals surface area contributed by atoms with Crippen LogP contribution >= 0.6 is 0 Å². The van der Waals surface area contributed by atoms with E-state index in [0.717, 1.165) is 28.2 Å². The minimum Gasteiger partial charge on any atom is -0.458 e. The number of hydrogen-bond donors (Lipinski definition) is 0. The van der Waals surface area contributed by atoms with Gasteiger partial charge in [-0.1, -0.05) is 151 Å². The quantitative estimate of drug-likeness (QED) is 0.172. The molecule has 0 amide bonds. The average molecular weight is 659 g/mol. The van der Waals surface area contributed by atoms with Crippen LogP contribution in [-0.4, -0.2) is 11.8 Å². The maximum atomic E-state index is 6.87. The summed E-state index contributed by atoms with van der Waals surface area (Å²) >= 11 is 0. The van der Waals surface area contributed by atoms with Crippen molar-refractivity contribution in [3.05, 3.63) is 198 Å². The zero-order chi connectivity index (χ0) is 34.0. The van der Waals surface area contributed by atoms with Crippen molar-refractivity contribution in [3.63, 3.8) is 0 Å². The number of nitrogens with zero attached hydrogens (tertiary/aromatic N) is 1. The van der Waals surface area contributed by atoms with E-state index in [1.54, 1.807) is 0 Å². The number of rotatable bonds is 3. The van der Waals surface area contributed by atoms with E-state index < -0.39 is 0 Å². The predicted octanol–water partition coefficient (Wildman–Crippen LogP) is 10.6. The summed E-state index contributed by atoms with van der Waals surface area (Å²) in [5.74, 6) is 1.66. The highest BCUT2D eigenvalue weighted by atomic mass is 16.5. The van der Waals surface area contributed by atoms with Crippen LogP contribution in [0.3, 0.4) is 0 Å². The summed E-state index contributed by atoms with van der Waals surface area (Å²) in [6.45, 7) is 0. The first-order valence-corrected chi connectivity index (χ1v) is 18.0. The summed E-state index contributed by atoms with van der Waals surface area (Å²) in [6, 6.07) is 64.2. The second-order valence-electron chi connectivity index (χ2n) is 14.2. The summed E-state index contributed by atoms with van der Waals surface area (Å²) in [7, 11) is 2.29. The highest BCUT2D eigenvalue weighted by Gasteiger charge is 2.51. The topological polar surface area (TPSA) is 14.2 Å². The maximum absolute atomic E-state index is 6.87. The molecule has 1 aromatic heterocycles. The van der Waals surface area contributed by atoms with Gasteiger partial charge in [0, 0.05) is 22.0 Å². The third kappa shape index (κ3) is 3.50. The van der Waals surface area contributed by atoms with Crippen LogP contribution in [0.15, 0.2) is 176 Å². The lowest BCUT2D eigenvalue weighted by Gasteiger charge is -2.30. The van der Waals surface area contributed by atoms with Crippen LogP contribution in [-0.2, 0) is 5.41 Å². The zero-order valence-electron chi connectivity index (χ0n) is 28.2. The number of benzene rings is 8. The Labute approximate surface area is 302 Å². The number of para-hydroxylation sites is 2. The summed E-state index contributed by atoms with van der Waals surface area (Å²) in [5, 5.41) is 2.54. The lowest BCUT2D eigenvalue weighted by atomic mass is 9.61. The Hall–Kier alpha value is -6.58. The van der Waals surface area contributed by atoms with Gasteiger partial charge in [0.15, 0.2) is 0 Å². The fourth-order valence-electron chi connectivity index (χ4n) is 9.77. The molecule has 1 spiro atoms. The molecule has 3 heteroatoms. The largest absolute Gasteiger partial charge is 0.458 e. The first-order chi connectivity index (χ1) is 25.8. The Balaban J connectivity index is 1.01. The van der Waals surface area contributed by atoms with Crippen molar-refractivity contribution < 1.29 is 4.74 Å². The molecular formula is C49H29BNO. The monoisotopic (exact) mass is 658 g/mol. The molecular weight excluding hydrogens is 629 g/mol. The van der Waals surface area contributed by atoms with Gasteiger partial charge in [0.1, 0.15) is 11.5 Å². The Morgan fingerprint density at radius 2 is 1.10 bits per heavy atom. The van der Waals surface area contributed by atoms with E-state index in [4.69, 9.17) is 4.74 Å².